The van der Waals surface area contributed by atoms with E-state index < -0.39 is 11.9 Å². The van der Waals surface area contributed by atoms with Crippen molar-refractivity contribution < 1.29 is 19.8 Å². The van der Waals surface area contributed by atoms with E-state index in [-0.39, 0.29) is 88.3 Å². The molecule has 0 radical (unpaired) electrons. The molecule has 4 nitrogen and oxygen atoms in total. The molecule has 264 valence electrons. The maximum atomic E-state index is 10.3. The van der Waals surface area contributed by atoms with Crippen LogP contribution in [0.15, 0.2) is 0 Å². The van der Waals surface area contributed by atoms with Gasteiger partial charge in [-0.2, -0.15) is 0 Å². The first-order valence-corrected chi connectivity index (χ1v) is 19.9. The van der Waals surface area contributed by atoms with Crippen molar-refractivity contribution in [2.75, 3.05) is 0 Å². The Kier molecular flexibility index (Phi) is 59.9. The molecule has 0 spiro atoms. The summed E-state index contributed by atoms with van der Waals surface area (Å²) >= 11 is 0. The van der Waals surface area contributed by atoms with Crippen molar-refractivity contribution in [2.45, 2.75) is 245 Å². The summed E-state index contributed by atoms with van der Waals surface area (Å²) < 4.78 is 0. The van der Waals surface area contributed by atoms with Gasteiger partial charge >= 0.3 is 75.5 Å². The summed E-state index contributed by atoms with van der Waals surface area (Å²) in [5.41, 5.74) is 0. The summed E-state index contributed by atoms with van der Waals surface area (Å²) in [7, 11) is 0. The fourth-order valence-electron chi connectivity index (χ4n) is 5.99. The molecule has 0 aromatic carbocycles. The Labute approximate surface area is 348 Å². The molecule has 0 aliphatic carbocycles. The first-order chi connectivity index (χ1) is 21.5. The van der Waals surface area contributed by atoms with Crippen molar-refractivity contribution in [1.82, 2.24) is 0 Å². The molecule has 0 atom stereocenters. The first kappa shape index (κ1) is 54.2. The Morgan fingerprint density at radius 2 is 0.413 bits per heavy atom. The predicted octanol–water partition coefficient (Wildman–Crippen LogP) is 10.8. The fraction of sp³-hybridized carbons (Fsp3) is 0.950. The zero-order valence-corrected chi connectivity index (χ0v) is 35.9. The van der Waals surface area contributed by atoms with E-state index in [9.17, 15) is 19.8 Å². The molecule has 0 aromatic rings. The topological polar surface area (TPSA) is 80.3 Å². The van der Waals surface area contributed by atoms with E-state index in [0.29, 0.717) is 0 Å². The third-order valence-corrected chi connectivity index (χ3v) is 8.97. The fourth-order valence-corrected chi connectivity index (χ4v) is 5.99. The molecule has 0 aliphatic rings. The van der Waals surface area contributed by atoms with Gasteiger partial charge in [0.15, 0.2) is 0 Å². The molecule has 0 N–H and O–H groups in total. The predicted molar refractivity (Wildman–Crippen MR) is 199 cm³/mol. The molecule has 6 heteroatoms. The third-order valence-electron chi connectivity index (χ3n) is 8.97. The number of aliphatic carboxylic acids is 2. The van der Waals surface area contributed by atoms with E-state index in [1.54, 1.807) is 0 Å². The van der Waals surface area contributed by atoms with E-state index >= 15 is 0 Å². The molecule has 0 saturated heterocycles. The van der Waals surface area contributed by atoms with Crippen molar-refractivity contribution in [2.24, 2.45) is 0 Å². The van der Waals surface area contributed by atoms with Crippen LogP contribution in [0, 0.1) is 0 Å². The van der Waals surface area contributed by atoms with Gasteiger partial charge in [-0.1, -0.05) is 219 Å². The van der Waals surface area contributed by atoms with Crippen LogP contribution in [-0.4, -0.2) is 87.4 Å². The van der Waals surface area contributed by atoms with Crippen molar-refractivity contribution >= 4 is 87.4 Å². The smallest absolute Gasteiger partial charge is 0.550 e. The van der Waals surface area contributed by atoms with Crippen LogP contribution >= 0.6 is 0 Å². The van der Waals surface area contributed by atoms with Crippen LogP contribution in [-0.2, 0) is 9.59 Å². The maximum absolute atomic E-state index is 10.3. The van der Waals surface area contributed by atoms with E-state index in [0.717, 1.165) is 25.7 Å². The summed E-state index contributed by atoms with van der Waals surface area (Å²) in [5, 5.41) is 20.5. The molecular weight excluding hydrogens is 625 g/mol. The summed E-state index contributed by atoms with van der Waals surface area (Å²) in [5.74, 6) is -1.80. The number of unbranched alkanes of at least 4 members (excludes halogenated alkanes) is 32. The molecule has 0 fully saturated rings. The Morgan fingerprint density at radius 1 is 0.283 bits per heavy atom. The SMILES string of the molecule is CCCCCCCCCCCCCCCCCC(=O)[O-].CCCCCCCCCCCCCCCCCCCCCC(=O)[O-].[Ca+2].[Ca+2]. The number of carbonyl (C=O) groups excluding carboxylic acids is 2. The maximum Gasteiger partial charge on any atom is 2.00 e. The zero-order valence-electron chi connectivity index (χ0n) is 31.5. The second kappa shape index (κ2) is 50.8. The van der Waals surface area contributed by atoms with Gasteiger partial charge in [-0.05, 0) is 25.7 Å². The number of rotatable bonds is 36. The van der Waals surface area contributed by atoms with E-state index in [2.05, 4.69) is 13.8 Å². The zero-order chi connectivity index (χ0) is 32.6. The third kappa shape index (κ3) is 57.7. The number of carbonyl (C=O) groups is 2. The molecular formula is C40H78Ca2O4+2. The van der Waals surface area contributed by atoms with Crippen molar-refractivity contribution in [3.8, 4) is 0 Å². The standard InChI is InChI=1S/C22H44O2.C18H36O2.2Ca/c1-2-3-4-5-6-7-8-9-10-11-12-13-14-15-16-17-18-19-20-21-22(23)24;1-2-3-4-5-6-7-8-9-10-11-12-13-14-15-16-17-18(19)20;;/h2-21H2,1H3,(H,23,24);2-17H2,1H3,(H,19,20);;/q;;2*+2/p-2. The normalized spacial score (nSPS) is 10.5. The van der Waals surface area contributed by atoms with Gasteiger partial charge in [-0.15, -0.1) is 0 Å². The van der Waals surface area contributed by atoms with Crippen molar-refractivity contribution in [3.05, 3.63) is 0 Å². The van der Waals surface area contributed by atoms with Crippen LogP contribution < -0.4 is 10.2 Å². The molecule has 0 bridgehead atoms. The van der Waals surface area contributed by atoms with Crippen molar-refractivity contribution in [3.63, 3.8) is 0 Å². The first-order valence-electron chi connectivity index (χ1n) is 19.9. The van der Waals surface area contributed by atoms with Crippen LogP contribution in [0.3, 0.4) is 0 Å². The van der Waals surface area contributed by atoms with Gasteiger partial charge < -0.3 is 19.8 Å². The van der Waals surface area contributed by atoms with Crippen LogP contribution in [0.25, 0.3) is 0 Å². The van der Waals surface area contributed by atoms with Gasteiger partial charge in [0, 0.05) is 11.9 Å². The Balaban J connectivity index is -0.000000373. The Bertz CT molecular complexity index is 559. The Morgan fingerprint density at radius 3 is 0.543 bits per heavy atom. The molecule has 0 saturated carbocycles. The van der Waals surface area contributed by atoms with Gasteiger partial charge in [-0.3, -0.25) is 0 Å². The second-order valence-electron chi connectivity index (χ2n) is 13.6. The van der Waals surface area contributed by atoms with E-state index in [1.165, 1.54) is 193 Å². The largest absolute Gasteiger partial charge is 2.00 e. The summed E-state index contributed by atoms with van der Waals surface area (Å²) in [4.78, 5) is 20.5. The quantitative estimate of drug-likeness (QED) is 0.0481. The summed E-state index contributed by atoms with van der Waals surface area (Å²) in [6, 6.07) is 0. The van der Waals surface area contributed by atoms with E-state index in [4.69, 9.17) is 0 Å². The van der Waals surface area contributed by atoms with Gasteiger partial charge in [0.1, 0.15) is 0 Å². The number of hydrogen-bond acceptors (Lipinski definition) is 4. The molecule has 46 heavy (non-hydrogen) atoms. The Hall–Kier alpha value is 1.46. The van der Waals surface area contributed by atoms with Gasteiger partial charge in [-0.25, -0.2) is 0 Å². The monoisotopic (exact) mass is 703 g/mol. The average Bonchev–Trinajstić information content (AvgIpc) is 3.00. The summed E-state index contributed by atoms with van der Waals surface area (Å²) in [6.45, 7) is 4.55. The van der Waals surface area contributed by atoms with Crippen LogP contribution in [0.1, 0.15) is 245 Å². The molecule has 0 aromatic heterocycles. The minimum atomic E-state index is -0.903. The van der Waals surface area contributed by atoms with Crippen LogP contribution in [0.4, 0.5) is 0 Å². The molecule has 0 amide bonds. The molecule has 0 aliphatic heterocycles. The van der Waals surface area contributed by atoms with Gasteiger partial charge in [0.2, 0.25) is 0 Å². The minimum Gasteiger partial charge on any atom is -0.550 e. The molecule has 0 heterocycles. The number of hydrogen-bond donors (Lipinski definition) is 0. The van der Waals surface area contributed by atoms with Crippen LogP contribution in [0.2, 0.25) is 0 Å². The van der Waals surface area contributed by atoms with Gasteiger partial charge in [0.25, 0.3) is 0 Å². The van der Waals surface area contributed by atoms with Crippen LogP contribution in [0.5, 0.6) is 0 Å². The van der Waals surface area contributed by atoms with E-state index in [1.807, 2.05) is 0 Å². The summed E-state index contributed by atoms with van der Waals surface area (Å²) in [6.07, 6.45) is 45.6. The average molecular weight is 703 g/mol. The van der Waals surface area contributed by atoms with Gasteiger partial charge in [0.05, 0.1) is 0 Å². The molecule has 0 unspecified atom stereocenters. The van der Waals surface area contributed by atoms with Crippen molar-refractivity contribution in [1.29, 1.82) is 0 Å². The number of carboxylic acid groups (broad SMARTS) is 2. The molecule has 0 rings (SSSR count). The number of carboxylic acids is 2. The minimum absolute atomic E-state index is 0. The second-order valence-corrected chi connectivity index (χ2v) is 13.6.